The van der Waals surface area contributed by atoms with E-state index in [1.54, 1.807) is 11.8 Å². The molecule has 40 heavy (non-hydrogen) atoms. The largest absolute Gasteiger partial charge is 0.543 e. The van der Waals surface area contributed by atoms with Crippen LogP contribution in [-0.2, 0) is 25.8 Å². The fourth-order valence-electron chi connectivity index (χ4n) is 4.33. The highest BCUT2D eigenvalue weighted by molar-refractivity contribution is 8.00. The Labute approximate surface area is 246 Å². The first-order chi connectivity index (χ1) is 18.8. The zero-order valence-electron chi connectivity index (χ0n) is 20.9. The Morgan fingerprint density at radius 3 is 2.88 bits per heavy atom. The number of aromatic nitrogens is 4. The first kappa shape index (κ1) is 29.6. The lowest BCUT2D eigenvalue weighted by Gasteiger charge is -2.50. The Kier molecular flexibility index (Phi) is 9.19. The molecular weight excluding hydrogens is 602 g/mol. The third-order valence-corrected chi connectivity index (χ3v) is 8.92. The lowest BCUT2D eigenvalue weighted by molar-refractivity contribution is -0.662. The number of nitrogens with zero attached hydrogens (tertiary/aromatic N) is 6. The second kappa shape index (κ2) is 12.4. The molecule has 2 aliphatic rings. The van der Waals surface area contributed by atoms with Gasteiger partial charge in [0.05, 0.1) is 11.7 Å². The van der Waals surface area contributed by atoms with Gasteiger partial charge in [0, 0.05) is 41.2 Å². The van der Waals surface area contributed by atoms with E-state index in [1.807, 2.05) is 39.6 Å². The van der Waals surface area contributed by atoms with Gasteiger partial charge in [-0.3, -0.25) is 14.5 Å². The van der Waals surface area contributed by atoms with Crippen molar-refractivity contribution in [3.05, 3.63) is 47.7 Å². The number of hydrogen-bond donors (Lipinski definition) is 3. The maximum absolute atomic E-state index is 13.1. The predicted molar refractivity (Wildman–Crippen MR) is 150 cm³/mol. The third-order valence-electron chi connectivity index (χ3n) is 5.97. The Balaban J connectivity index is 0.00000370. The molecule has 2 aliphatic heterocycles. The van der Waals surface area contributed by atoms with Crippen LogP contribution in [0.25, 0.3) is 5.65 Å². The summed E-state index contributed by atoms with van der Waals surface area (Å²) in [7, 11) is 1.25. The number of nitrogens with one attached hydrogen (secondary N) is 1. The summed E-state index contributed by atoms with van der Waals surface area (Å²) in [6.07, 6.45) is 3.76. The molecule has 0 aromatic carbocycles. The number of nitrogen functional groups attached to an aromatic ring is 1. The number of oxime groups is 1. The van der Waals surface area contributed by atoms with Crippen LogP contribution in [0.15, 0.2) is 52.0 Å². The van der Waals surface area contributed by atoms with E-state index >= 15 is 0 Å². The number of fused-ring (bicyclic) bond motifs is 2. The molecule has 18 heteroatoms. The van der Waals surface area contributed by atoms with E-state index < -0.39 is 29.2 Å². The van der Waals surface area contributed by atoms with E-state index in [-0.39, 0.29) is 41.3 Å². The third kappa shape index (κ3) is 5.46. The normalized spacial score (nSPS) is 18.7. The van der Waals surface area contributed by atoms with Gasteiger partial charge in [-0.25, -0.2) is 4.57 Å². The smallest absolute Gasteiger partial charge is 0.287 e. The SMILES string of the molecule is CO/N=C(\C(=O)N[C@@H]1C(=O)N2C(C(=O)[O-])=C(C[n+]3ccn4c(SCCN)cccc43)CS[C@@H]12)c1nsc(N)n1.Cl. The van der Waals surface area contributed by atoms with Crippen LogP contribution in [0.2, 0.25) is 0 Å². The highest BCUT2D eigenvalue weighted by atomic mass is 35.5. The van der Waals surface area contributed by atoms with Crippen molar-refractivity contribution >= 4 is 81.7 Å². The van der Waals surface area contributed by atoms with E-state index in [1.165, 1.54) is 18.9 Å². The number of amides is 2. The zero-order chi connectivity index (χ0) is 27.7. The minimum absolute atomic E-state index is 0. The summed E-state index contributed by atoms with van der Waals surface area (Å²) in [5.41, 5.74) is 12.2. The van der Waals surface area contributed by atoms with Gasteiger partial charge >= 0.3 is 0 Å². The van der Waals surface area contributed by atoms with Crippen molar-refractivity contribution in [3.8, 4) is 0 Å². The van der Waals surface area contributed by atoms with Gasteiger partial charge in [0.25, 0.3) is 17.5 Å². The van der Waals surface area contributed by atoms with E-state index in [9.17, 15) is 19.5 Å². The van der Waals surface area contributed by atoms with Crippen molar-refractivity contribution < 1.29 is 28.9 Å². The summed E-state index contributed by atoms with van der Waals surface area (Å²) in [4.78, 5) is 48.1. The van der Waals surface area contributed by atoms with Gasteiger partial charge < -0.3 is 31.5 Å². The topological polar surface area (TPSA) is 197 Å². The number of nitrogens with two attached hydrogens (primary N) is 2. The van der Waals surface area contributed by atoms with Gasteiger partial charge in [0.15, 0.2) is 10.2 Å². The fraction of sp³-hybridized carbons (Fsp3) is 0.318. The minimum atomic E-state index is -1.46. The number of rotatable bonds is 10. The standard InChI is InChI=1S/C22H23N9O5S3.ClH/c1-36-27-14(17-26-22(24)39-28-17)18(32)25-15-19(33)31-16(21(34)35)11(10-38-20(15)31)9-29-6-7-30-12(29)3-2-4-13(30)37-8-5-23;/h2-4,6-7,15,20H,5,8-10,23H2,1H3,(H3-,24,25,26,28,32,34,35);1H/b27-14-;/t15-,20+;/m1./s1. The highest BCUT2D eigenvalue weighted by Crippen LogP contribution is 2.40. The summed E-state index contributed by atoms with van der Waals surface area (Å²) >= 11 is 3.84. The van der Waals surface area contributed by atoms with Crippen LogP contribution in [0.4, 0.5) is 5.13 Å². The molecule has 0 unspecified atom stereocenters. The van der Waals surface area contributed by atoms with Crippen molar-refractivity contribution in [2.75, 3.05) is 30.9 Å². The number of carbonyl (C=O) groups excluding carboxylic acids is 3. The molecule has 1 fully saturated rings. The first-order valence-electron chi connectivity index (χ1n) is 11.6. The average Bonchev–Trinajstić information content (AvgIpc) is 3.54. The summed E-state index contributed by atoms with van der Waals surface area (Å²) in [5, 5.41) is 19.0. The van der Waals surface area contributed by atoms with Crippen molar-refractivity contribution in [1.82, 2.24) is 24.0 Å². The number of β-lactam (4-membered cyclic amide) rings is 1. The zero-order valence-corrected chi connectivity index (χ0v) is 24.1. The monoisotopic (exact) mass is 625 g/mol. The lowest BCUT2D eigenvalue weighted by Crippen LogP contribution is -2.71. The van der Waals surface area contributed by atoms with E-state index in [4.69, 9.17) is 16.3 Å². The number of anilines is 1. The Hall–Kier alpha value is -3.38. The molecule has 0 saturated carbocycles. The number of carboxylic acid groups (broad SMARTS) is 1. The second-order valence-corrected chi connectivity index (χ2v) is 11.3. The first-order valence-corrected chi connectivity index (χ1v) is 14.4. The second-order valence-electron chi connectivity index (χ2n) is 8.33. The van der Waals surface area contributed by atoms with Crippen molar-refractivity contribution in [2.24, 2.45) is 10.9 Å². The average molecular weight is 626 g/mol. The quantitative estimate of drug-likeness (QED) is 0.0786. The van der Waals surface area contributed by atoms with E-state index in [2.05, 4.69) is 19.8 Å². The van der Waals surface area contributed by atoms with Gasteiger partial charge in [0.1, 0.15) is 37.5 Å². The molecule has 1 saturated heterocycles. The molecule has 2 amide bonds. The van der Waals surface area contributed by atoms with Crippen LogP contribution in [0.1, 0.15) is 5.82 Å². The van der Waals surface area contributed by atoms with Gasteiger partial charge in [-0.2, -0.15) is 13.8 Å². The van der Waals surface area contributed by atoms with Gasteiger partial charge in [-0.1, -0.05) is 16.9 Å². The summed E-state index contributed by atoms with van der Waals surface area (Å²) < 4.78 is 7.87. The molecule has 3 aromatic rings. The Morgan fingerprint density at radius 1 is 1.40 bits per heavy atom. The summed E-state index contributed by atoms with van der Waals surface area (Å²) in [6.45, 7) is 0.789. The van der Waals surface area contributed by atoms with Crippen LogP contribution in [0.3, 0.4) is 0 Å². The molecule has 0 spiro atoms. The van der Waals surface area contributed by atoms with E-state index in [0.717, 1.165) is 32.9 Å². The highest BCUT2D eigenvalue weighted by Gasteiger charge is 2.53. The van der Waals surface area contributed by atoms with Gasteiger partial charge in [-0.15, -0.1) is 24.2 Å². The van der Waals surface area contributed by atoms with E-state index in [0.29, 0.717) is 17.9 Å². The number of imidazole rings is 1. The predicted octanol–water partition coefficient (Wildman–Crippen LogP) is -1.41. The van der Waals surface area contributed by atoms with Crippen molar-refractivity contribution in [2.45, 2.75) is 23.0 Å². The maximum Gasteiger partial charge on any atom is 0.287 e. The molecule has 3 aromatic heterocycles. The molecular formula is C22H24ClN9O5S3. The molecule has 5 rings (SSSR count). The molecule has 2 atom stereocenters. The van der Waals surface area contributed by atoms with Crippen molar-refractivity contribution in [3.63, 3.8) is 0 Å². The Bertz CT molecular complexity index is 1520. The molecule has 5 N–H and O–H groups in total. The number of aliphatic carboxylic acids is 1. The van der Waals surface area contributed by atoms with Crippen LogP contribution < -0.4 is 26.5 Å². The van der Waals surface area contributed by atoms with Gasteiger partial charge in [-0.05, 0) is 12.1 Å². The number of carboxylic acids is 1. The van der Waals surface area contributed by atoms with Crippen LogP contribution in [0, 0.1) is 0 Å². The van der Waals surface area contributed by atoms with Crippen LogP contribution >= 0.6 is 47.5 Å². The van der Waals surface area contributed by atoms with Crippen LogP contribution in [0.5, 0.6) is 0 Å². The molecule has 212 valence electrons. The Morgan fingerprint density at radius 2 is 2.20 bits per heavy atom. The molecule has 14 nitrogen and oxygen atoms in total. The van der Waals surface area contributed by atoms with Crippen molar-refractivity contribution in [1.29, 1.82) is 0 Å². The number of thioether (sulfide) groups is 2. The number of carbonyl (C=O) groups is 3. The minimum Gasteiger partial charge on any atom is -0.543 e. The lowest BCUT2D eigenvalue weighted by atomic mass is 10.0. The summed E-state index contributed by atoms with van der Waals surface area (Å²) in [5.74, 6) is -1.75. The summed E-state index contributed by atoms with van der Waals surface area (Å²) in [6, 6.07) is 4.85. The molecule has 5 heterocycles. The van der Waals surface area contributed by atoms with Gasteiger partial charge in [0.2, 0.25) is 11.5 Å². The fourth-order valence-corrected chi connectivity index (χ4v) is 6.89. The number of pyridine rings is 1. The number of hydrogen-bond acceptors (Lipinski definition) is 13. The molecule has 0 aliphatic carbocycles. The van der Waals surface area contributed by atoms with Crippen LogP contribution in [-0.4, -0.2) is 78.7 Å². The number of halogens is 1. The molecule has 0 radical (unpaired) electrons. The molecule has 0 bridgehead atoms. The maximum atomic E-state index is 13.1.